The number of ether oxygens (including phenoxy) is 4. The molecule has 4 N–H and O–H groups in total. The molecule has 0 fully saturated rings. The summed E-state index contributed by atoms with van der Waals surface area (Å²) in [6, 6.07) is 0. The molecule has 0 aromatic carbocycles. The fourth-order valence-corrected chi connectivity index (χ4v) is 1.55. The predicted octanol–water partition coefficient (Wildman–Crippen LogP) is -0.955. The predicted molar refractivity (Wildman–Crippen MR) is 95.7 cm³/mol. The van der Waals surface area contributed by atoms with E-state index in [1.807, 2.05) is 0 Å². The van der Waals surface area contributed by atoms with Crippen molar-refractivity contribution in [2.75, 3.05) is 79.2 Å². The minimum atomic E-state index is -0.902. The van der Waals surface area contributed by atoms with Crippen LogP contribution in [0, 0.1) is 0 Å². The van der Waals surface area contributed by atoms with Gasteiger partial charge in [0.2, 0.25) is 0 Å². The van der Waals surface area contributed by atoms with Gasteiger partial charge in [-0.15, -0.1) is 0 Å². The Hall–Kier alpha value is -1.38. The van der Waals surface area contributed by atoms with Crippen molar-refractivity contribution in [2.45, 2.75) is 12.8 Å². The van der Waals surface area contributed by atoms with E-state index in [2.05, 4.69) is 11.0 Å². The van der Waals surface area contributed by atoms with Crippen LogP contribution in [0.2, 0.25) is 0 Å². The molecule has 28 heavy (non-hydrogen) atoms. The molecule has 12 heteroatoms. The number of carboxylic acids is 2. The molecule has 0 bridgehead atoms. The molecule has 0 saturated heterocycles. The van der Waals surface area contributed by atoms with Crippen LogP contribution in [0.5, 0.6) is 0 Å². The van der Waals surface area contributed by atoms with E-state index < -0.39 is 11.9 Å². The van der Waals surface area contributed by atoms with Crippen molar-refractivity contribution in [1.29, 1.82) is 0 Å². The lowest BCUT2D eigenvalue weighted by Crippen LogP contribution is -2.23. The zero-order chi connectivity index (χ0) is 20.7. The van der Waals surface area contributed by atoms with Crippen LogP contribution in [-0.4, -0.2) is 101 Å². The Bertz CT molecular complexity index is 339. The highest BCUT2D eigenvalue weighted by molar-refractivity contribution is 5.66. The first kappa shape index (κ1) is 26.6. The summed E-state index contributed by atoms with van der Waals surface area (Å²) in [7, 11) is 0. The number of rotatable bonds is 23. The van der Waals surface area contributed by atoms with Crippen LogP contribution in [0.1, 0.15) is 12.8 Å². The van der Waals surface area contributed by atoms with Gasteiger partial charge in [0.15, 0.2) is 0 Å². The molecule has 0 aromatic heterocycles. The first-order chi connectivity index (χ1) is 13.6. The Balaban J connectivity index is 3.01. The summed E-state index contributed by atoms with van der Waals surface area (Å²) in [6.07, 6.45) is -0.0868. The van der Waals surface area contributed by atoms with Crippen molar-refractivity contribution in [2.24, 2.45) is 0 Å². The van der Waals surface area contributed by atoms with E-state index in [4.69, 9.17) is 38.8 Å². The normalized spacial score (nSPS) is 11.0. The molecule has 166 valence electrons. The zero-order valence-corrected chi connectivity index (χ0v) is 16.1. The smallest absolute Gasteiger partial charge is 0.305 e. The fraction of sp³-hybridized carbons (Fsp3) is 0.875. The minimum Gasteiger partial charge on any atom is -0.481 e. The molecule has 0 saturated carbocycles. The maximum Gasteiger partial charge on any atom is 0.305 e. The van der Waals surface area contributed by atoms with Gasteiger partial charge in [0, 0.05) is 13.1 Å². The van der Waals surface area contributed by atoms with Gasteiger partial charge >= 0.3 is 11.9 Å². The Morgan fingerprint density at radius 1 is 0.536 bits per heavy atom. The van der Waals surface area contributed by atoms with Gasteiger partial charge < -0.3 is 38.8 Å². The van der Waals surface area contributed by atoms with E-state index >= 15 is 0 Å². The number of nitrogens with one attached hydrogen (secondary N) is 2. The number of aliphatic carboxylic acids is 2. The first-order valence-corrected chi connectivity index (χ1v) is 9.06. The lowest BCUT2D eigenvalue weighted by atomic mass is 10.5. The summed E-state index contributed by atoms with van der Waals surface area (Å²) in [5.41, 5.74) is 5.21. The average Bonchev–Trinajstić information content (AvgIpc) is 2.65. The van der Waals surface area contributed by atoms with Gasteiger partial charge in [-0.05, 0) is 0 Å². The molecule has 0 rings (SSSR count). The summed E-state index contributed by atoms with van der Waals surface area (Å²) in [5, 5.41) is 16.8. The van der Waals surface area contributed by atoms with Gasteiger partial charge in [-0.25, -0.2) is 11.0 Å². The highest BCUT2D eigenvalue weighted by atomic mass is 16.6. The number of carboxylic acid groups (broad SMARTS) is 2. The van der Waals surface area contributed by atoms with Gasteiger partial charge in [0.1, 0.15) is 0 Å². The van der Waals surface area contributed by atoms with Crippen LogP contribution in [-0.2, 0) is 38.2 Å². The molecular weight excluding hydrogens is 380 g/mol. The SMILES string of the molecule is O=C(O)CCONCCOCCOCCOCCOCCNOCCC(=O)O. The number of hydrogen-bond acceptors (Lipinski definition) is 10. The Morgan fingerprint density at radius 3 is 1.18 bits per heavy atom. The van der Waals surface area contributed by atoms with Gasteiger partial charge in [-0.2, -0.15) is 0 Å². The van der Waals surface area contributed by atoms with Crippen molar-refractivity contribution in [3.63, 3.8) is 0 Å². The molecule has 0 amide bonds. The van der Waals surface area contributed by atoms with E-state index in [0.717, 1.165) is 0 Å². The summed E-state index contributed by atoms with van der Waals surface area (Å²) in [6.45, 7) is 4.74. The summed E-state index contributed by atoms with van der Waals surface area (Å²) in [5.74, 6) is -1.80. The maximum atomic E-state index is 10.2. The summed E-state index contributed by atoms with van der Waals surface area (Å²) < 4.78 is 21.2. The van der Waals surface area contributed by atoms with Crippen molar-refractivity contribution in [3.05, 3.63) is 0 Å². The second-order valence-electron chi connectivity index (χ2n) is 5.22. The molecule has 0 atom stereocenters. The van der Waals surface area contributed by atoms with Crippen molar-refractivity contribution in [1.82, 2.24) is 11.0 Å². The van der Waals surface area contributed by atoms with Crippen LogP contribution >= 0.6 is 0 Å². The Kier molecular flexibility index (Phi) is 20.8. The fourth-order valence-electron chi connectivity index (χ4n) is 1.55. The molecule has 0 aromatic rings. The van der Waals surface area contributed by atoms with Crippen LogP contribution in [0.25, 0.3) is 0 Å². The van der Waals surface area contributed by atoms with E-state index in [1.165, 1.54) is 0 Å². The summed E-state index contributed by atoms with van der Waals surface area (Å²) in [4.78, 5) is 30.2. The Morgan fingerprint density at radius 2 is 0.857 bits per heavy atom. The molecule has 0 heterocycles. The second kappa shape index (κ2) is 21.9. The summed E-state index contributed by atoms with van der Waals surface area (Å²) >= 11 is 0. The third-order valence-electron chi connectivity index (χ3n) is 2.85. The molecule has 0 unspecified atom stereocenters. The monoisotopic (exact) mass is 412 g/mol. The Labute approximate surface area is 164 Å². The van der Waals surface area contributed by atoms with Crippen LogP contribution in [0.3, 0.4) is 0 Å². The number of hydrogen-bond donors (Lipinski definition) is 4. The topological polar surface area (TPSA) is 154 Å². The van der Waals surface area contributed by atoms with Crippen molar-refractivity contribution in [3.8, 4) is 0 Å². The third kappa shape index (κ3) is 24.6. The lowest BCUT2D eigenvalue weighted by Gasteiger charge is -2.08. The quantitative estimate of drug-likeness (QED) is 0.121. The number of hydroxylamine groups is 2. The standard InChI is InChI=1S/C16H32N2O10/c19-15(20)1-5-27-17-3-7-23-9-11-25-13-14-26-12-10-24-8-4-18-28-6-2-16(21)22/h17-18H,1-14H2,(H,19,20)(H,21,22). The van der Waals surface area contributed by atoms with E-state index in [9.17, 15) is 9.59 Å². The third-order valence-corrected chi connectivity index (χ3v) is 2.85. The van der Waals surface area contributed by atoms with Gasteiger partial charge in [0.05, 0.1) is 78.9 Å². The molecule has 12 nitrogen and oxygen atoms in total. The van der Waals surface area contributed by atoms with E-state index in [0.29, 0.717) is 65.9 Å². The van der Waals surface area contributed by atoms with Crippen LogP contribution < -0.4 is 11.0 Å². The van der Waals surface area contributed by atoms with Crippen LogP contribution in [0.15, 0.2) is 0 Å². The highest BCUT2D eigenvalue weighted by Gasteiger charge is 1.97. The van der Waals surface area contributed by atoms with Crippen LogP contribution in [0.4, 0.5) is 0 Å². The second-order valence-corrected chi connectivity index (χ2v) is 5.22. The molecule has 0 aliphatic heterocycles. The molecule has 0 aliphatic carbocycles. The van der Waals surface area contributed by atoms with Gasteiger partial charge in [-0.3, -0.25) is 9.59 Å². The average molecular weight is 412 g/mol. The molecule has 0 radical (unpaired) electrons. The zero-order valence-electron chi connectivity index (χ0n) is 16.1. The largest absolute Gasteiger partial charge is 0.481 e. The first-order valence-electron chi connectivity index (χ1n) is 9.06. The minimum absolute atomic E-state index is 0.0434. The maximum absolute atomic E-state index is 10.2. The number of carbonyl (C=O) groups is 2. The van der Waals surface area contributed by atoms with Gasteiger partial charge in [-0.1, -0.05) is 0 Å². The van der Waals surface area contributed by atoms with Crippen molar-refractivity contribution >= 4 is 11.9 Å². The van der Waals surface area contributed by atoms with E-state index in [-0.39, 0.29) is 26.1 Å². The van der Waals surface area contributed by atoms with Gasteiger partial charge in [0.25, 0.3) is 0 Å². The molecular formula is C16H32N2O10. The highest BCUT2D eigenvalue weighted by Crippen LogP contribution is 1.84. The molecule has 0 aliphatic rings. The van der Waals surface area contributed by atoms with E-state index in [1.54, 1.807) is 0 Å². The molecule has 0 spiro atoms. The van der Waals surface area contributed by atoms with Crippen molar-refractivity contribution < 1.29 is 48.4 Å². The lowest BCUT2D eigenvalue weighted by molar-refractivity contribution is -0.140.